The SMILES string of the molecule is Cc1ccc(S(=O)(=O)Oc2ccc(C=NNS(=O)(=O)c3ccccc3)cc2)cc1[N+](=O)[O-]. The van der Waals surface area contributed by atoms with Gasteiger partial charge in [0, 0.05) is 11.6 Å². The molecule has 12 heteroatoms. The summed E-state index contributed by atoms with van der Waals surface area (Å²) in [5, 5.41) is 14.7. The molecule has 32 heavy (non-hydrogen) atoms. The zero-order valence-electron chi connectivity index (χ0n) is 16.6. The molecule has 0 aliphatic carbocycles. The summed E-state index contributed by atoms with van der Waals surface area (Å²) in [6.07, 6.45) is 1.24. The fourth-order valence-electron chi connectivity index (χ4n) is 2.55. The fraction of sp³-hybridized carbons (Fsp3) is 0.0500. The van der Waals surface area contributed by atoms with Gasteiger partial charge in [0.25, 0.3) is 15.7 Å². The van der Waals surface area contributed by atoms with Gasteiger partial charge < -0.3 is 4.18 Å². The molecule has 0 spiro atoms. The van der Waals surface area contributed by atoms with Gasteiger partial charge in [0.05, 0.1) is 16.0 Å². The Labute approximate surface area is 184 Å². The highest BCUT2D eigenvalue weighted by molar-refractivity contribution is 7.89. The molecule has 0 saturated carbocycles. The van der Waals surface area contributed by atoms with E-state index in [1.807, 2.05) is 0 Å². The summed E-state index contributed by atoms with van der Waals surface area (Å²) in [4.78, 5) is 12.2. The topological polar surface area (TPSA) is 145 Å². The fourth-order valence-corrected chi connectivity index (χ4v) is 4.31. The maximum atomic E-state index is 12.4. The molecule has 0 fully saturated rings. The lowest BCUT2D eigenvalue weighted by molar-refractivity contribution is -0.385. The molecule has 0 atom stereocenters. The minimum Gasteiger partial charge on any atom is -0.379 e. The van der Waals surface area contributed by atoms with E-state index in [0.29, 0.717) is 11.1 Å². The lowest BCUT2D eigenvalue weighted by Crippen LogP contribution is -2.18. The molecule has 0 aliphatic heterocycles. The molecule has 0 saturated heterocycles. The second-order valence-corrected chi connectivity index (χ2v) is 9.69. The smallest absolute Gasteiger partial charge is 0.339 e. The van der Waals surface area contributed by atoms with E-state index in [1.54, 1.807) is 18.2 Å². The van der Waals surface area contributed by atoms with E-state index in [9.17, 15) is 26.9 Å². The Morgan fingerprint density at radius 2 is 1.59 bits per heavy atom. The monoisotopic (exact) mass is 475 g/mol. The van der Waals surface area contributed by atoms with E-state index in [0.717, 1.165) is 6.07 Å². The number of hydrazone groups is 1. The largest absolute Gasteiger partial charge is 0.379 e. The van der Waals surface area contributed by atoms with Gasteiger partial charge in [0.1, 0.15) is 10.6 Å². The molecule has 3 aromatic carbocycles. The van der Waals surface area contributed by atoms with Gasteiger partial charge in [0.2, 0.25) is 0 Å². The highest BCUT2D eigenvalue weighted by atomic mass is 32.2. The Morgan fingerprint density at radius 1 is 0.938 bits per heavy atom. The number of aryl methyl sites for hydroxylation is 1. The Morgan fingerprint density at radius 3 is 2.22 bits per heavy atom. The van der Waals surface area contributed by atoms with Gasteiger partial charge in [-0.2, -0.15) is 21.9 Å². The van der Waals surface area contributed by atoms with Gasteiger partial charge in [0.15, 0.2) is 0 Å². The first-order chi connectivity index (χ1) is 15.1. The predicted octanol–water partition coefficient (Wildman–Crippen LogP) is 2.98. The number of nitro groups is 1. The molecule has 0 unspecified atom stereocenters. The summed E-state index contributed by atoms with van der Waals surface area (Å²) in [6.45, 7) is 1.50. The number of hydrogen-bond donors (Lipinski definition) is 1. The third-order valence-electron chi connectivity index (χ3n) is 4.19. The minimum atomic E-state index is -4.30. The standard InChI is InChI=1S/C20H17N3O7S2/c1-15-7-12-19(13-20(15)23(24)25)32(28,29)30-17-10-8-16(9-11-17)14-21-22-31(26,27)18-5-3-2-4-6-18/h2-14,22H,1H3. The van der Waals surface area contributed by atoms with E-state index < -0.39 is 25.1 Å². The van der Waals surface area contributed by atoms with Gasteiger partial charge in [-0.3, -0.25) is 10.1 Å². The maximum absolute atomic E-state index is 12.4. The van der Waals surface area contributed by atoms with Crippen LogP contribution < -0.4 is 9.01 Å². The predicted molar refractivity (Wildman–Crippen MR) is 116 cm³/mol. The van der Waals surface area contributed by atoms with Gasteiger partial charge in [-0.25, -0.2) is 4.83 Å². The second-order valence-electron chi connectivity index (χ2n) is 6.48. The number of benzene rings is 3. The Hall–Kier alpha value is -3.77. The van der Waals surface area contributed by atoms with Crippen molar-refractivity contribution in [1.82, 2.24) is 4.83 Å². The molecule has 0 aromatic heterocycles. The summed E-state index contributed by atoms with van der Waals surface area (Å²) in [7, 11) is -8.10. The normalized spacial score (nSPS) is 11.9. The zero-order chi connectivity index (χ0) is 23.4. The van der Waals surface area contributed by atoms with Crippen LogP contribution in [0.1, 0.15) is 11.1 Å². The van der Waals surface area contributed by atoms with Gasteiger partial charge in [-0.05, 0) is 55.0 Å². The quantitative estimate of drug-likeness (QED) is 0.228. The average molecular weight is 476 g/mol. The van der Waals surface area contributed by atoms with Crippen molar-refractivity contribution in [3.8, 4) is 5.75 Å². The molecular formula is C20H17N3O7S2. The van der Waals surface area contributed by atoms with Crippen molar-refractivity contribution in [1.29, 1.82) is 0 Å². The molecule has 1 N–H and O–H groups in total. The van der Waals surface area contributed by atoms with Crippen LogP contribution in [0.15, 0.2) is 87.7 Å². The summed E-state index contributed by atoms with van der Waals surface area (Å²) < 4.78 is 54.1. The number of nitro benzene ring substituents is 1. The molecule has 0 radical (unpaired) electrons. The third kappa shape index (κ3) is 5.47. The maximum Gasteiger partial charge on any atom is 0.339 e. The summed E-state index contributed by atoms with van der Waals surface area (Å²) in [5.41, 5.74) is 0.455. The number of hydrogen-bond acceptors (Lipinski definition) is 8. The molecule has 3 aromatic rings. The molecular weight excluding hydrogens is 458 g/mol. The van der Waals surface area contributed by atoms with Crippen molar-refractivity contribution in [2.45, 2.75) is 16.7 Å². The van der Waals surface area contributed by atoms with Crippen LogP contribution in [0.4, 0.5) is 5.69 Å². The third-order valence-corrected chi connectivity index (χ3v) is 6.67. The lowest BCUT2D eigenvalue weighted by atomic mass is 10.2. The highest BCUT2D eigenvalue weighted by Crippen LogP contribution is 2.25. The first-order valence-electron chi connectivity index (χ1n) is 8.98. The number of sulfonamides is 1. The summed E-state index contributed by atoms with van der Waals surface area (Å²) in [5.74, 6) is -0.0322. The molecule has 166 valence electrons. The molecule has 0 amide bonds. The Balaban J connectivity index is 1.70. The van der Waals surface area contributed by atoms with Crippen molar-refractivity contribution in [3.05, 3.63) is 94.0 Å². The van der Waals surface area contributed by atoms with Crippen LogP contribution in [0.3, 0.4) is 0 Å². The highest BCUT2D eigenvalue weighted by Gasteiger charge is 2.21. The van der Waals surface area contributed by atoms with Gasteiger partial charge >= 0.3 is 10.1 Å². The van der Waals surface area contributed by atoms with Crippen LogP contribution in [-0.2, 0) is 20.1 Å². The molecule has 10 nitrogen and oxygen atoms in total. The average Bonchev–Trinajstić information content (AvgIpc) is 2.75. The van der Waals surface area contributed by atoms with Crippen molar-refractivity contribution < 1.29 is 25.9 Å². The molecule has 0 aliphatic rings. The van der Waals surface area contributed by atoms with E-state index >= 15 is 0 Å². The molecule has 3 rings (SSSR count). The van der Waals surface area contributed by atoms with E-state index in [1.165, 1.54) is 61.7 Å². The van der Waals surface area contributed by atoms with Crippen LogP contribution in [0.2, 0.25) is 0 Å². The number of rotatable bonds is 8. The summed E-state index contributed by atoms with van der Waals surface area (Å²) in [6, 6.07) is 16.8. The second kappa shape index (κ2) is 9.16. The molecule has 0 heterocycles. The Bertz CT molecular complexity index is 1370. The first-order valence-corrected chi connectivity index (χ1v) is 11.9. The van der Waals surface area contributed by atoms with Crippen molar-refractivity contribution in [2.24, 2.45) is 5.10 Å². The number of nitrogens with one attached hydrogen (secondary N) is 1. The van der Waals surface area contributed by atoms with E-state index in [2.05, 4.69) is 9.93 Å². The lowest BCUT2D eigenvalue weighted by Gasteiger charge is -2.08. The van der Waals surface area contributed by atoms with Crippen LogP contribution in [0.5, 0.6) is 5.75 Å². The van der Waals surface area contributed by atoms with E-state index in [-0.39, 0.29) is 21.2 Å². The van der Waals surface area contributed by atoms with Crippen LogP contribution >= 0.6 is 0 Å². The van der Waals surface area contributed by atoms with Gasteiger partial charge in [-0.15, -0.1) is 0 Å². The van der Waals surface area contributed by atoms with Crippen molar-refractivity contribution in [2.75, 3.05) is 0 Å². The van der Waals surface area contributed by atoms with Crippen molar-refractivity contribution >= 4 is 32.0 Å². The van der Waals surface area contributed by atoms with Crippen LogP contribution in [-0.4, -0.2) is 28.0 Å². The van der Waals surface area contributed by atoms with E-state index in [4.69, 9.17) is 4.18 Å². The summed E-state index contributed by atoms with van der Waals surface area (Å²) >= 11 is 0. The van der Waals surface area contributed by atoms with Crippen LogP contribution in [0.25, 0.3) is 0 Å². The van der Waals surface area contributed by atoms with Crippen LogP contribution in [0, 0.1) is 17.0 Å². The van der Waals surface area contributed by atoms with Gasteiger partial charge in [-0.1, -0.05) is 24.3 Å². The zero-order valence-corrected chi connectivity index (χ0v) is 18.2. The molecule has 0 bridgehead atoms. The number of nitrogens with zero attached hydrogens (tertiary/aromatic N) is 2. The minimum absolute atomic E-state index is 0.0322. The van der Waals surface area contributed by atoms with Crippen molar-refractivity contribution in [3.63, 3.8) is 0 Å². The Kier molecular flexibility index (Phi) is 6.55. The first kappa shape index (κ1) is 22.9.